The number of aromatic nitrogens is 2. The Hall–Kier alpha value is -1.49. The Balaban J connectivity index is 0.000000184. The minimum absolute atomic E-state index is 0.833. The molecule has 2 rings (SSSR count). The molecule has 5 heteroatoms. The fraction of sp³-hybridized carbons (Fsp3) is 0.125. The first kappa shape index (κ1) is 9.60. The molecule has 0 aliphatic carbocycles. The van der Waals surface area contributed by atoms with Crippen molar-refractivity contribution in [1.29, 1.82) is 0 Å². The first-order valence-electron chi connectivity index (χ1n) is 3.57. The van der Waals surface area contributed by atoms with Gasteiger partial charge in [-0.3, -0.25) is 4.79 Å². The summed E-state index contributed by atoms with van der Waals surface area (Å²) in [6.45, 7) is 1.08. The number of nitrogens with zero attached hydrogens (tertiary/aromatic N) is 2. The van der Waals surface area contributed by atoms with Crippen LogP contribution in [0.2, 0.25) is 0 Å². The fourth-order valence-electron chi connectivity index (χ4n) is 0.725. The van der Waals surface area contributed by atoms with Crippen molar-refractivity contribution in [3.8, 4) is 0 Å². The zero-order chi connectivity index (χ0) is 9.68. The zero-order valence-corrected chi connectivity index (χ0v) is 7.78. The third-order valence-electron chi connectivity index (χ3n) is 1.15. The Morgan fingerprint density at radius 2 is 2.08 bits per heavy atom. The number of hydrogen-bond donors (Lipinski definition) is 1. The second-order valence-corrected chi connectivity index (χ2v) is 3.05. The molecule has 68 valence electrons. The van der Waals surface area contributed by atoms with E-state index in [4.69, 9.17) is 9.90 Å². The molecule has 0 amide bonds. The number of aliphatic carboxylic acids is 1. The van der Waals surface area contributed by atoms with Crippen LogP contribution in [0.5, 0.6) is 0 Å². The Morgan fingerprint density at radius 1 is 1.46 bits per heavy atom. The van der Waals surface area contributed by atoms with Crippen LogP contribution >= 0.6 is 11.5 Å². The van der Waals surface area contributed by atoms with Crippen molar-refractivity contribution in [3.05, 3.63) is 24.3 Å². The number of benzene rings is 1. The van der Waals surface area contributed by atoms with Gasteiger partial charge in [0, 0.05) is 6.92 Å². The molecule has 0 aliphatic heterocycles. The molecule has 0 unspecified atom stereocenters. The molecule has 0 saturated carbocycles. The van der Waals surface area contributed by atoms with Crippen LogP contribution in [0.15, 0.2) is 24.3 Å². The highest BCUT2D eigenvalue weighted by molar-refractivity contribution is 7.12. The molecule has 2 aromatic rings. The molecule has 0 bridgehead atoms. The molecule has 0 saturated heterocycles. The van der Waals surface area contributed by atoms with Gasteiger partial charge in [0.2, 0.25) is 0 Å². The van der Waals surface area contributed by atoms with Crippen molar-refractivity contribution in [3.63, 3.8) is 0 Å². The number of carbonyl (C=O) groups is 1. The van der Waals surface area contributed by atoms with Crippen molar-refractivity contribution < 1.29 is 9.90 Å². The van der Waals surface area contributed by atoms with E-state index < -0.39 is 5.97 Å². The molecule has 0 atom stereocenters. The van der Waals surface area contributed by atoms with Gasteiger partial charge in [-0.2, -0.15) is 0 Å². The molecule has 0 radical (unpaired) electrons. The lowest BCUT2D eigenvalue weighted by Gasteiger charge is -1.78. The summed E-state index contributed by atoms with van der Waals surface area (Å²) in [5.41, 5.74) is 0.988. The van der Waals surface area contributed by atoms with Gasteiger partial charge < -0.3 is 5.11 Å². The van der Waals surface area contributed by atoms with Crippen LogP contribution in [0.3, 0.4) is 0 Å². The van der Waals surface area contributed by atoms with Crippen LogP contribution in [-0.2, 0) is 4.79 Å². The highest BCUT2D eigenvalue weighted by Crippen LogP contribution is 2.12. The average molecular weight is 196 g/mol. The standard InChI is InChI=1S/C6H4N2S.C2H4O2/c1-2-4-6-5(3-1)7-8-9-6;1-2(3)4/h1-4H;1H3,(H,3,4). The smallest absolute Gasteiger partial charge is 0.300 e. The topological polar surface area (TPSA) is 63.1 Å². The second kappa shape index (κ2) is 4.51. The first-order chi connectivity index (χ1) is 6.20. The molecular formula is C8H8N2O2S. The van der Waals surface area contributed by atoms with E-state index in [0.717, 1.165) is 17.1 Å². The van der Waals surface area contributed by atoms with Gasteiger partial charge in [-0.15, -0.1) is 5.10 Å². The molecule has 0 fully saturated rings. The van der Waals surface area contributed by atoms with E-state index >= 15 is 0 Å². The quantitative estimate of drug-likeness (QED) is 0.697. The molecular weight excluding hydrogens is 188 g/mol. The van der Waals surface area contributed by atoms with Crippen LogP contribution in [0.25, 0.3) is 10.2 Å². The second-order valence-electron chi connectivity index (χ2n) is 2.26. The fourth-order valence-corrected chi connectivity index (χ4v) is 1.28. The SMILES string of the molecule is CC(=O)O.c1ccc2snnc2c1. The molecule has 13 heavy (non-hydrogen) atoms. The van der Waals surface area contributed by atoms with E-state index in [1.54, 1.807) is 0 Å². The van der Waals surface area contributed by atoms with E-state index in [1.807, 2.05) is 24.3 Å². The van der Waals surface area contributed by atoms with Crippen molar-refractivity contribution >= 4 is 27.7 Å². The van der Waals surface area contributed by atoms with E-state index in [-0.39, 0.29) is 0 Å². The van der Waals surface area contributed by atoms with Gasteiger partial charge in [-0.05, 0) is 23.7 Å². The third kappa shape index (κ3) is 3.16. The maximum absolute atomic E-state index is 9.00. The first-order valence-corrected chi connectivity index (χ1v) is 4.34. The van der Waals surface area contributed by atoms with Gasteiger partial charge in [-0.1, -0.05) is 16.6 Å². The lowest BCUT2D eigenvalue weighted by atomic mass is 10.3. The molecule has 0 spiro atoms. The monoisotopic (exact) mass is 196 g/mol. The Morgan fingerprint density at radius 3 is 2.69 bits per heavy atom. The number of fused-ring (bicyclic) bond motifs is 1. The Labute approximate surface area is 79.0 Å². The Kier molecular flexibility index (Phi) is 3.33. The number of hydrogen-bond acceptors (Lipinski definition) is 4. The summed E-state index contributed by atoms with van der Waals surface area (Å²) < 4.78 is 4.94. The van der Waals surface area contributed by atoms with Gasteiger partial charge in [0.1, 0.15) is 5.52 Å². The summed E-state index contributed by atoms with van der Waals surface area (Å²) in [7, 11) is 0. The molecule has 1 N–H and O–H groups in total. The van der Waals surface area contributed by atoms with E-state index in [0.29, 0.717) is 0 Å². The normalized spacial score (nSPS) is 9.00. The molecule has 0 aliphatic rings. The molecule has 4 nitrogen and oxygen atoms in total. The van der Waals surface area contributed by atoms with Gasteiger partial charge >= 0.3 is 0 Å². The van der Waals surface area contributed by atoms with Gasteiger partial charge in [-0.25, -0.2) is 0 Å². The maximum atomic E-state index is 9.00. The summed E-state index contributed by atoms with van der Waals surface area (Å²) in [5, 5.41) is 11.3. The molecule has 1 aromatic carbocycles. The minimum Gasteiger partial charge on any atom is -0.481 e. The predicted molar refractivity (Wildman–Crippen MR) is 50.7 cm³/mol. The van der Waals surface area contributed by atoms with Crippen LogP contribution in [0, 0.1) is 0 Å². The molecule has 1 heterocycles. The van der Waals surface area contributed by atoms with Crippen LogP contribution in [0.1, 0.15) is 6.92 Å². The lowest BCUT2D eigenvalue weighted by Crippen LogP contribution is -1.78. The van der Waals surface area contributed by atoms with Gasteiger partial charge in [0.25, 0.3) is 5.97 Å². The number of carboxylic acids is 1. The third-order valence-corrected chi connectivity index (χ3v) is 1.86. The van der Waals surface area contributed by atoms with E-state index in [9.17, 15) is 0 Å². The van der Waals surface area contributed by atoms with Crippen molar-refractivity contribution in [1.82, 2.24) is 9.59 Å². The van der Waals surface area contributed by atoms with Crippen molar-refractivity contribution in [2.24, 2.45) is 0 Å². The summed E-state index contributed by atoms with van der Waals surface area (Å²) in [6, 6.07) is 7.92. The van der Waals surface area contributed by atoms with E-state index in [1.165, 1.54) is 11.5 Å². The van der Waals surface area contributed by atoms with Crippen LogP contribution in [-0.4, -0.2) is 20.7 Å². The Bertz CT molecular complexity index is 365. The summed E-state index contributed by atoms with van der Waals surface area (Å²) >= 11 is 1.43. The molecule has 1 aromatic heterocycles. The van der Waals surface area contributed by atoms with Crippen molar-refractivity contribution in [2.75, 3.05) is 0 Å². The highest BCUT2D eigenvalue weighted by atomic mass is 32.1. The summed E-state index contributed by atoms with van der Waals surface area (Å²) in [6.07, 6.45) is 0. The summed E-state index contributed by atoms with van der Waals surface area (Å²) in [5.74, 6) is -0.833. The zero-order valence-electron chi connectivity index (χ0n) is 6.97. The highest BCUT2D eigenvalue weighted by Gasteiger charge is 1.91. The lowest BCUT2D eigenvalue weighted by molar-refractivity contribution is -0.134. The van der Waals surface area contributed by atoms with Crippen LogP contribution < -0.4 is 0 Å². The van der Waals surface area contributed by atoms with Crippen molar-refractivity contribution in [2.45, 2.75) is 6.92 Å². The summed E-state index contributed by atoms with van der Waals surface area (Å²) in [4.78, 5) is 9.00. The number of carboxylic acid groups (broad SMARTS) is 1. The van der Waals surface area contributed by atoms with E-state index in [2.05, 4.69) is 9.59 Å². The average Bonchev–Trinajstić information content (AvgIpc) is 2.49. The van der Waals surface area contributed by atoms with Gasteiger partial charge in [0.15, 0.2) is 0 Å². The predicted octanol–water partition coefficient (Wildman–Crippen LogP) is 1.78. The van der Waals surface area contributed by atoms with Gasteiger partial charge in [0.05, 0.1) is 4.70 Å². The minimum atomic E-state index is -0.833. The van der Waals surface area contributed by atoms with Crippen LogP contribution in [0.4, 0.5) is 0 Å². The maximum Gasteiger partial charge on any atom is 0.300 e. The largest absolute Gasteiger partial charge is 0.481 e. The number of rotatable bonds is 0.